The molecule has 2 aliphatic rings. The number of aliphatic carboxylic acids is 2. The molecule has 2 atom stereocenters. The zero-order valence-corrected chi connectivity index (χ0v) is 32.1. The molecule has 2 saturated heterocycles. The molecule has 3 rings (SSSR count). The van der Waals surface area contributed by atoms with Crippen LogP contribution in [0.3, 0.4) is 0 Å². The lowest BCUT2D eigenvalue weighted by molar-refractivity contribution is -0.140. The quantitative estimate of drug-likeness (QED) is 0.0382. The number of hydrazine groups is 1. The zero-order valence-electron chi connectivity index (χ0n) is 32.1. The SMILES string of the molecule is C[C@@H](NC(=O)c1ccc(NNC(=O)CCCCNC(=O)CN2CCN(CCO)CCN(CC(=O)O)CCN(CC(=O)O)CC2)cc1)C(=O)N1CCC[C@H]1B(O)O. The summed E-state index contributed by atoms with van der Waals surface area (Å²) >= 11 is 0. The molecule has 0 saturated carbocycles. The highest BCUT2D eigenvalue weighted by molar-refractivity contribution is 6.43. The van der Waals surface area contributed by atoms with E-state index in [-0.39, 0.29) is 44.5 Å². The molecular weight excluding hydrogens is 733 g/mol. The van der Waals surface area contributed by atoms with Crippen LogP contribution in [-0.4, -0.2) is 203 Å². The van der Waals surface area contributed by atoms with Crippen LogP contribution in [0, 0.1) is 0 Å². The van der Waals surface area contributed by atoms with E-state index < -0.39 is 42.9 Å². The van der Waals surface area contributed by atoms with Crippen molar-refractivity contribution in [3.05, 3.63) is 29.8 Å². The topological polar surface area (TPSA) is 268 Å². The van der Waals surface area contributed by atoms with Crippen molar-refractivity contribution in [2.24, 2.45) is 0 Å². The first kappa shape index (κ1) is 46.0. The molecule has 1 aromatic rings. The molecule has 0 bridgehead atoms. The van der Waals surface area contributed by atoms with Crippen molar-refractivity contribution in [2.75, 3.05) is 104 Å². The van der Waals surface area contributed by atoms with Gasteiger partial charge in [0.25, 0.3) is 5.91 Å². The maximum absolute atomic E-state index is 12.9. The number of hydrogen-bond acceptors (Lipinski definition) is 14. The van der Waals surface area contributed by atoms with Gasteiger partial charge >= 0.3 is 19.1 Å². The second-order valence-electron chi connectivity index (χ2n) is 14.1. The molecule has 2 heterocycles. The Hall–Kier alpha value is -4.38. The van der Waals surface area contributed by atoms with Gasteiger partial charge in [0.05, 0.1) is 37.9 Å². The van der Waals surface area contributed by atoms with Crippen molar-refractivity contribution in [1.29, 1.82) is 0 Å². The van der Waals surface area contributed by atoms with Gasteiger partial charge in [0.2, 0.25) is 17.7 Å². The normalized spacial score (nSPS) is 18.6. The van der Waals surface area contributed by atoms with Gasteiger partial charge in [-0.05, 0) is 56.9 Å². The number of rotatable bonds is 19. The van der Waals surface area contributed by atoms with Gasteiger partial charge in [-0.1, -0.05) is 0 Å². The molecule has 9 N–H and O–H groups in total. The predicted octanol–water partition coefficient (Wildman–Crippen LogP) is -3.08. The number of hydrogen-bond donors (Lipinski definition) is 9. The number of aliphatic hydroxyl groups excluding tert-OH is 1. The molecule has 56 heavy (non-hydrogen) atoms. The van der Waals surface area contributed by atoms with E-state index in [1.165, 1.54) is 24.0 Å². The molecule has 1 aromatic carbocycles. The van der Waals surface area contributed by atoms with E-state index in [4.69, 9.17) is 0 Å². The molecule has 2 aliphatic heterocycles. The molecule has 0 unspecified atom stereocenters. The van der Waals surface area contributed by atoms with Crippen LogP contribution in [0.2, 0.25) is 0 Å². The van der Waals surface area contributed by atoms with E-state index in [0.717, 1.165) is 0 Å². The maximum Gasteiger partial charge on any atom is 0.475 e. The summed E-state index contributed by atoms with van der Waals surface area (Å²) < 4.78 is 0. The highest BCUT2D eigenvalue weighted by Crippen LogP contribution is 2.19. The Morgan fingerprint density at radius 2 is 1.32 bits per heavy atom. The van der Waals surface area contributed by atoms with Gasteiger partial charge in [0.1, 0.15) is 6.04 Å². The third-order valence-corrected chi connectivity index (χ3v) is 9.72. The summed E-state index contributed by atoms with van der Waals surface area (Å²) in [7, 11) is -1.64. The van der Waals surface area contributed by atoms with Gasteiger partial charge in [0.15, 0.2) is 0 Å². The number of carboxylic acids is 2. The number of carboxylic acid groups (broad SMARTS) is 2. The number of unbranched alkanes of at least 4 members (excludes halogenated alkanes) is 1. The van der Waals surface area contributed by atoms with Crippen LogP contribution < -0.4 is 21.5 Å². The number of nitrogens with zero attached hydrogens (tertiary/aromatic N) is 5. The largest absolute Gasteiger partial charge is 0.480 e. The van der Waals surface area contributed by atoms with Gasteiger partial charge in [-0.25, -0.2) is 0 Å². The van der Waals surface area contributed by atoms with Crippen LogP contribution in [0.4, 0.5) is 5.69 Å². The van der Waals surface area contributed by atoms with Crippen molar-refractivity contribution >= 4 is 48.4 Å². The highest BCUT2D eigenvalue weighted by Gasteiger charge is 2.38. The monoisotopic (exact) mass is 791 g/mol. The van der Waals surface area contributed by atoms with Crippen LogP contribution >= 0.6 is 0 Å². The minimum atomic E-state index is -1.64. The van der Waals surface area contributed by atoms with Crippen molar-refractivity contribution < 1.29 is 54.1 Å². The van der Waals surface area contributed by atoms with Crippen molar-refractivity contribution in [3.8, 4) is 0 Å². The van der Waals surface area contributed by atoms with Gasteiger partial charge in [-0.2, -0.15) is 0 Å². The van der Waals surface area contributed by atoms with Gasteiger partial charge < -0.3 is 40.9 Å². The second kappa shape index (κ2) is 24.3. The van der Waals surface area contributed by atoms with E-state index in [9.17, 15) is 54.1 Å². The van der Waals surface area contributed by atoms with E-state index in [2.05, 4.69) is 21.5 Å². The Morgan fingerprint density at radius 3 is 1.86 bits per heavy atom. The van der Waals surface area contributed by atoms with E-state index in [1.807, 2.05) is 9.80 Å². The first-order valence-electron chi connectivity index (χ1n) is 19.1. The molecule has 0 aliphatic carbocycles. The third-order valence-electron chi connectivity index (χ3n) is 9.72. The average molecular weight is 792 g/mol. The van der Waals surface area contributed by atoms with Gasteiger partial charge in [0, 0.05) is 84.0 Å². The minimum absolute atomic E-state index is 0.0700. The van der Waals surface area contributed by atoms with Crippen molar-refractivity contribution in [3.63, 3.8) is 0 Å². The number of carbonyl (C=O) groups excluding carboxylic acids is 4. The molecule has 4 amide bonds. The maximum atomic E-state index is 12.9. The summed E-state index contributed by atoms with van der Waals surface area (Å²) in [4.78, 5) is 82.5. The van der Waals surface area contributed by atoms with E-state index in [1.54, 1.807) is 21.9 Å². The van der Waals surface area contributed by atoms with Gasteiger partial charge in [-0.15, -0.1) is 0 Å². The van der Waals surface area contributed by atoms with Crippen molar-refractivity contribution in [1.82, 2.24) is 40.6 Å². The Labute approximate surface area is 327 Å². The summed E-state index contributed by atoms with van der Waals surface area (Å²) in [6, 6.07) is 5.39. The molecule has 0 radical (unpaired) electrons. The summed E-state index contributed by atoms with van der Waals surface area (Å²) in [5.74, 6) is -4.03. The summed E-state index contributed by atoms with van der Waals surface area (Å²) in [5.41, 5.74) is 6.21. The number of nitrogens with one attached hydrogen (secondary N) is 4. The number of β-amino-alcohol motifs (C(OH)–C–C–N with tert-alkyl or cyclic N) is 1. The molecule has 2 fully saturated rings. The Balaban J connectivity index is 1.37. The average Bonchev–Trinajstić information content (AvgIpc) is 3.65. The number of carbonyl (C=O) groups is 6. The standard InChI is InChI=1S/C35H58BN9O11/c1-26(35(54)45-12-4-5-29(45)36(55)56)38-34(53)27-7-9-28(10-8-27)39-40-30(47)6-2-3-11-37-31(48)23-42-15-13-41(21-22-46)14-16-43(24-32(49)50)19-20-44(18-17-42)25-33(51)52/h7-10,26,29,39,46,55-56H,2-6,11-25H2,1H3,(H,37,48)(H,38,53)(H,40,47)(H,49,50)(H,51,52)/t26-,29+/m1/s1. The lowest BCUT2D eigenvalue weighted by Crippen LogP contribution is -2.52. The molecule has 20 nitrogen and oxygen atoms in total. The Bertz CT molecular complexity index is 1440. The van der Waals surface area contributed by atoms with Gasteiger partial charge in [-0.3, -0.25) is 59.2 Å². The van der Waals surface area contributed by atoms with Crippen molar-refractivity contribution in [2.45, 2.75) is 51.0 Å². The number of likely N-dealkylation sites (tertiary alicyclic amines) is 1. The molecule has 0 spiro atoms. The lowest BCUT2D eigenvalue weighted by atomic mass is 9.78. The smallest absolute Gasteiger partial charge is 0.475 e. The molecule has 0 aromatic heterocycles. The summed E-state index contributed by atoms with van der Waals surface area (Å²) in [5, 5.41) is 52.9. The van der Waals surface area contributed by atoms with Crippen LogP contribution in [0.15, 0.2) is 24.3 Å². The number of amides is 4. The summed E-state index contributed by atoms with van der Waals surface area (Å²) in [6.45, 7) is 5.72. The van der Waals surface area contributed by atoms with E-state index in [0.29, 0.717) is 109 Å². The van der Waals surface area contributed by atoms with Crippen LogP contribution in [0.25, 0.3) is 0 Å². The Morgan fingerprint density at radius 1 is 0.768 bits per heavy atom. The Kier molecular flexibility index (Phi) is 20.0. The van der Waals surface area contributed by atoms with Crippen LogP contribution in [-0.2, 0) is 24.0 Å². The third kappa shape index (κ3) is 16.8. The highest BCUT2D eigenvalue weighted by atomic mass is 16.4. The fourth-order valence-corrected chi connectivity index (χ4v) is 6.57. The molecule has 312 valence electrons. The van der Waals surface area contributed by atoms with Crippen LogP contribution in [0.5, 0.6) is 0 Å². The number of benzene rings is 1. The first-order valence-corrected chi connectivity index (χ1v) is 19.1. The fourth-order valence-electron chi connectivity index (χ4n) is 6.57. The first-order chi connectivity index (χ1) is 26.7. The molecular formula is C35H58BN9O11. The lowest BCUT2D eigenvalue weighted by Gasteiger charge is -2.33. The number of aliphatic hydroxyl groups is 1. The minimum Gasteiger partial charge on any atom is -0.480 e. The zero-order chi connectivity index (χ0) is 41.0. The predicted molar refractivity (Wildman–Crippen MR) is 205 cm³/mol. The second-order valence-corrected chi connectivity index (χ2v) is 14.1. The number of anilines is 1. The van der Waals surface area contributed by atoms with E-state index >= 15 is 0 Å². The summed E-state index contributed by atoms with van der Waals surface area (Å²) in [6.07, 6.45) is 2.36. The van der Waals surface area contributed by atoms with Crippen LogP contribution in [0.1, 0.15) is 49.4 Å². The molecule has 21 heteroatoms. The fraction of sp³-hybridized carbons (Fsp3) is 0.657.